The van der Waals surface area contributed by atoms with Crippen LogP contribution in [-0.2, 0) is 10.2 Å². The summed E-state index contributed by atoms with van der Waals surface area (Å²) in [5.74, 6) is 0.397. The highest BCUT2D eigenvalue weighted by Gasteiger charge is 2.54. The van der Waals surface area contributed by atoms with Crippen molar-refractivity contribution in [3.05, 3.63) is 53.5 Å². The second kappa shape index (κ2) is 6.94. The Morgan fingerprint density at radius 2 is 2.07 bits per heavy atom. The molecule has 2 aromatic rings. The summed E-state index contributed by atoms with van der Waals surface area (Å²) in [5, 5.41) is 25.1. The summed E-state index contributed by atoms with van der Waals surface area (Å²) < 4.78 is 19.4. The summed E-state index contributed by atoms with van der Waals surface area (Å²) in [6, 6.07) is 5.60. The van der Waals surface area contributed by atoms with Crippen LogP contribution in [0.3, 0.4) is 0 Å². The molecule has 3 aliphatic carbocycles. The quantitative estimate of drug-likeness (QED) is 0.350. The number of nitrogens with zero attached hydrogens (tertiary/aromatic N) is 1. The predicted molar refractivity (Wildman–Crippen MR) is 113 cm³/mol. The molecule has 0 radical (unpaired) electrons. The lowest BCUT2D eigenvalue weighted by molar-refractivity contribution is 0.380. The average Bonchev–Trinajstić information content (AvgIpc) is 3.27. The summed E-state index contributed by atoms with van der Waals surface area (Å²) in [6.07, 6.45) is 12.3. The van der Waals surface area contributed by atoms with Crippen molar-refractivity contribution in [1.29, 1.82) is 10.8 Å². The molecule has 1 aromatic heterocycles. The molecule has 29 heavy (non-hydrogen) atoms. The van der Waals surface area contributed by atoms with Crippen molar-refractivity contribution in [2.45, 2.75) is 50.4 Å². The first-order valence-electron chi connectivity index (χ1n) is 10.4. The monoisotopic (exact) mass is 394 g/mol. The van der Waals surface area contributed by atoms with Crippen LogP contribution in [0.25, 0.3) is 10.9 Å². The largest absolute Gasteiger partial charge is 0.425 e. The molecule has 2 saturated carbocycles. The van der Waals surface area contributed by atoms with Gasteiger partial charge in [0.15, 0.2) is 5.90 Å². The van der Waals surface area contributed by atoms with Gasteiger partial charge in [-0.15, -0.1) is 0 Å². The second-order valence-electron chi connectivity index (χ2n) is 8.53. The zero-order valence-electron chi connectivity index (χ0n) is 16.3. The normalized spacial score (nSPS) is 26.5. The van der Waals surface area contributed by atoms with Crippen LogP contribution in [0.15, 0.2) is 42.3 Å². The second-order valence-corrected chi connectivity index (χ2v) is 8.53. The molecule has 5 nitrogen and oxygen atoms in total. The third kappa shape index (κ3) is 3.20. The molecule has 3 aliphatic rings. The van der Waals surface area contributed by atoms with Gasteiger partial charge < -0.3 is 4.74 Å². The molecule has 5 rings (SSSR count). The lowest BCUT2D eigenvalue weighted by Gasteiger charge is -2.22. The first kappa shape index (κ1) is 18.3. The molecule has 0 spiro atoms. The van der Waals surface area contributed by atoms with Gasteiger partial charge in [0.25, 0.3) is 0 Å². The molecule has 0 aliphatic heterocycles. The number of halogens is 1. The molecule has 0 amide bonds. The standard InChI is InChI=1S/C23H25FN4O.H2/c24-17-7-4-10-23(13-16(23)12-17)20-18-11-15(8-9-19(18)27-28-20)22(26)29-21(25)14-5-2-1-3-6-14;/h4,8-12,14,16,25-26H,1-3,5-7,13H2,(H,27,28);1H. The fraction of sp³-hybridized carbons (Fsp3) is 0.435. The molecule has 0 bridgehead atoms. The molecule has 1 heterocycles. The first-order valence-corrected chi connectivity index (χ1v) is 10.4. The number of hydrogen-bond acceptors (Lipinski definition) is 4. The Bertz CT molecular complexity index is 1050. The van der Waals surface area contributed by atoms with Crippen LogP contribution >= 0.6 is 0 Å². The number of aromatic amines is 1. The highest BCUT2D eigenvalue weighted by atomic mass is 19.1. The molecule has 152 valence electrons. The highest BCUT2D eigenvalue weighted by Crippen LogP contribution is 2.58. The topological polar surface area (TPSA) is 85.6 Å². The number of benzene rings is 1. The van der Waals surface area contributed by atoms with Crippen LogP contribution in [0.2, 0.25) is 0 Å². The van der Waals surface area contributed by atoms with Crippen LogP contribution in [0.4, 0.5) is 4.39 Å². The maximum absolute atomic E-state index is 13.8. The lowest BCUT2D eigenvalue weighted by atomic mass is 9.89. The van der Waals surface area contributed by atoms with Gasteiger partial charge in [-0.2, -0.15) is 5.10 Å². The number of allylic oxidation sites excluding steroid dienone is 4. The number of nitrogens with one attached hydrogen (secondary N) is 3. The third-order valence-corrected chi connectivity index (χ3v) is 6.64. The van der Waals surface area contributed by atoms with E-state index in [2.05, 4.69) is 16.3 Å². The summed E-state index contributed by atoms with van der Waals surface area (Å²) in [4.78, 5) is 0. The molecular weight excluding hydrogens is 367 g/mol. The van der Waals surface area contributed by atoms with Gasteiger partial charge in [0.2, 0.25) is 5.90 Å². The van der Waals surface area contributed by atoms with Gasteiger partial charge in [0.05, 0.1) is 11.2 Å². The summed E-state index contributed by atoms with van der Waals surface area (Å²) >= 11 is 0. The highest BCUT2D eigenvalue weighted by molar-refractivity contribution is 6.02. The summed E-state index contributed by atoms with van der Waals surface area (Å²) in [6.45, 7) is 0. The Labute approximate surface area is 170 Å². The van der Waals surface area contributed by atoms with E-state index in [1.54, 1.807) is 6.08 Å². The van der Waals surface area contributed by atoms with E-state index in [1.165, 1.54) is 6.42 Å². The van der Waals surface area contributed by atoms with E-state index in [1.807, 2.05) is 24.3 Å². The molecule has 1 aromatic carbocycles. The van der Waals surface area contributed by atoms with E-state index in [0.29, 0.717) is 12.0 Å². The van der Waals surface area contributed by atoms with Crippen LogP contribution < -0.4 is 0 Å². The number of aromatic nitrogens is 2. The van der Waals surface area contributed by atoms with E-state index >= 15 is 0 Å². The molecular formula is C23H27FN4O. The van der Waals surface area contributed by atoms with E-state index in [0.717, 1.165) is 48.7 Å². The Balaban J connectivity index is 0.00000218. The van der Waals surface area contributed by atoms with Crippen molar-refractivity contribution in [2.75, 3.05) is 0 Å². The number of ether oxygens (including phenoxy) is 1. The molecule has 2 unspecified atom stereocenters. The molecule has 2 atom stereocenters. The Morgan fingerprint density at radius 3 is 2.90 bits per heavy atom. The smallest absolute Gasteiger partial charge is 0.220 e. The van der Waals surface area contributed by atoms with Crippen molar-refractivity contribution in [3.8, 4) is 0 Å². The van der Waals surface area contributed by atoms with E-state index in [4.69, 9.17) is 15.6 Å². The lowest BCUT2D eigenvalue weighted by Crippen LogP contribution is -2.22. The Kier molecular flexibility index (Phi) is 4.37. The van der Waals surface area contributed by atoms with Gasteiger partial charge in [-0.3, -0.25) is 15.9 Å². The van der Waals surface area contributed by atoms with Gasteiger partial charge in [0.1, 0.15) is 5.83 Å². The van der Waals surface area contributed by atoms with E-state index < -0.39 is 0 Å². The zero-order valence-corrected chi connectivity index (χ0v) is 16.3. The van der Waals surface area contributed by atoms with Gasteiger partial charge >= 0.3 is 0 Å². The van der Waals surface area contributed by atoms with Gasteiger partial charge in [-0.25, -0.2) is 4.39 Å². The van der Waals surface area contributed by atoms with Crippen molar-refractivity contribution in [1.82, 2.24) is 10.2 Å². The minimum atomic E-state index is -0.237. The van der Waals surface area contributed by atoms with Crippen LogP contribution in [0.5, 0.6) is 0 Å². The Hall–Kier alpha value is -2.76. The van der Waals surface area contributed by atoms with Crippen molar-refractivity contribution in [3.63, 3.8) is 0 Å². The minimum Gasteiger partial charge on any atom is -0.425 e. The van der Waals surface area contributed by atoms with Gasteiger partial charge in [0, 0.05) is 30.1 Å². The zero-order chi connectivity index (χ0) is 20.0. The average molecular weight is 394 g/mol. The van der Waals surface area contributed by atoms with Gasteiger partial charge in [-0.1, -0.05) is 31.4 Å². The third-order valence-electron chi connectivity index (χ3n) is 6.64. The summed E-state index contributed by atoms with van der Waals surface area (Å²) in [7, 11) is 0. The fourth-order valence-electron chi connectivity index (χ4n) is 4.87. The molecule has 3 N–H and O–H groups in total. The van der Waals surface area contributed by atoms with Crippen LogP contribution in [0, 0.1) is 22.7 Å². The predicted octanol–water partition coefficient (Wildman–Crippen LogP) is 5.78. The Morgan fingerprint density at radius 1 is 1.24 bits per heavy atom. The fourth-order valence-corrected chi connectivity index (χ4v) is 4.87. The van der Waals surface area contributed by atoms with E-state index in [-0.39, 0.29) is 36.3 Å². The summed E-state index contributed by atoms with van der Waals surface area (Å²) in [5.41, 5.74) is 2.19. The molecule has 2 fully saturated rings. The minimum absolute atomic E-state index is 0. The van der Waals surface area contributed by atoms with Crippen LogP contribution in [0.1, 0.15) is 57.6 Å². The maximum atomic E-state index is 13.8. The number of hydrogen-bond donors (Lipinski definition) is 3. The number of H-pyrrole nitrogens is 1. The first-order chi connectivity index (χ1) is 14.1. The van der Waals surface area contributed by atoms with E-state index in [9.17, 15) is 4.39 Å². The van der Waals surface area contributed by atoms with Gasteiger partial charge in [-0.05, 0) is 49.5 Å². The molecule has 0 saturated heterocycles. The number of fused-ring (bicyclic) bond motifs is 2. The van der Waals surface area contributed by atoms with Crippen molar-refractivity contribution < 1.29 is 10.6 Å². The SMILES string of the molecule is N=C(OC(=N)C1CCCCC1)c1ccc2n[nH]c(C34C=CCC(F)=CC3C4)c2c1.[HH]. The van der Waals surface area contributed by atoms with Crippen molar-refractivity contribution in [2.24, 2.45) is 11.8 Å². The van der Waals surface area contributed by atoms with Crippen LogP contribution in [-0.4, -0.2) is 22.0 Å². The van der Waals surface area contributed by atoms with Crippen molar-refractivity contribution >= 4 is 22.7 Å². The number of rotatable bonds is 3. The maximum Gasteiger partial charge on any atom is 0.220 e. The molecule has 6 heteroatoms.